The van der Waals surface area contributed by atoms with E-state index in [0.29, 0.717) is 23.3 Å². The molecule has 4 heteroatoms. The van der Waals surface area contributed by atoms with Gasteiger partial charge >= 0.3 is 5.97 Å². The SMILES string of the molecule is CC(C(=O)O)c1ccc2c(c1)C(=O)CC(C(C)(C)C)O2. The van der Waals surface area contributed by atoms with Crippen molar-refractivity contribution in [3.8, 4) is 5.75 Å². The van der Waals surface area contributed by atoms with E-state index in [1.807, 2.05) is 20.8 Å². The second-order valence-electron chi connectivity index (χ2n) is 6.42. The van der Waals surface area contributed by atoms with Crippen LogP contribution >= 0.6 is 0 Å². The Balaban J connectivity index is 2.36. The number of hydrogen-bond donors (Lipinski definition) is 1. The van der Waals surface area contributed by atoms with Crippen LogP contribution in [0.2, 0.25) is 0 Å². The minimum absolute atomic E-state index is 0.0191. The molecule has 2 unspecified atom stereocenters. The highest BCUT2D eigenvalue weighted by Crippen LogP contribution is 2.36. The summed E-state index contributed by atoms with van der Waals surface area (Å²) in [5.41, 5.74) is 1.01. The van der Waals surface area contributed by atoms with Crippen molar-refractivity contribution >= 4 is 11.8 Å². The number of carboxylic acid groups (broad SMARTS) is 1. The zero-order valence-electron chi connectivity index (χ0n) is 12.3. The van der Waals surface area contributed by atoms with Gasteiger partial charge in [-0.15, -0.1) is 0 Å². The molecule has 1 aromatic rings. The Kier molecular flexibility index (Phi) is 3.59. The third-order valence-corrected chi connectivity index (χ3v) is 3.78. The van der Waals surface area contributed by atoms with Gasteiger partial charge in [0.15, 0.2) is 5.78 Å². The molecule has 2 atom stereocenters. The number of benzene rings is 1. The van der Waals surface area contributed by atoms with Crippen molar-refractivity contribution in [3.63, 3.8) is 0 Å². The standard InChI is InChI=1S/C16H20O4/c1-9(15(18)19)10-5-6-13-11(7-10)12(17)8-14(20-13)16(2,3)4/h5-7,9,14H,8H2,1-4H3,(H,18,19). The average molecular weight is 276 g/mol. The summed E-state index contributed by atoms with van der Waals surface area (Å²) >= 11 is 0. The smallest absolute Gasteiger partial charge is 0.310 e. The molecule has 0 saturated carbocycles. The molecule has 0 aromatic heterocycles. The molecule has 0 radical (unpaired) electrons. The predicted octanol–water partition coefficient (Wildman–Crippen LogP) is 3.25. The monoisotopic (exact) mass is 276 g/mol. The highest BCUT2D eigenvalue weighted by atomic mass is 16.5. The maximum absolute atomic E-state index is 12.3. The number of carbonyl (C=O) groups is 2. The first kappa shape index (κ1) is 14.6. The van der Waals surface area contributed by atoms with Gasteiger partial charge in [-0.2, -0.15) is 0 Å². The van der Waals surface area contributed by atoms with E-state index in [2.05, 4.69) is 0 Å². The van der Waals surface area contributed by atoms with Gasteiger partial charge in [-0.25, -0.2) is 0 Å². The quantitative estimate of drug-likeness (QED) is 0.900. The van der Waals surface area contributed by atoms with Crippen LogP contribution in [-0.4, -0.2) is 23.0 Å². The van der Waals surface area contributed by atoms with Crippen molar-refractivity contribution in [1.82, 2.24) is 0 Å². The second kappa shape index (κ2) is 4.93. The number of ketones is 1. The lowest BCUT2D eigenvalue weighted by atomic mass is 9.83. The number of hydrogen-bond acceptors (Lipinski definition) is 3. The normalized spacial score (nSPS) is 20.0. The lowest BCUT2D eigenvalue weighted by molar-refractivity contribution is -0.138. The summed E-state index contributed by atoms with van der Waals surface area (Å²) in [6.45, 7) is 7.72. The lowest BCUT2D eigenvalue weighted by Crippen LogP contribution is -2.37. The number of carbonyl (C=O) groups excluding carboxylic acids is 1. The molecule has 1 N–H and O–H groups in total. The summed E-state index contributed by atoms with van der Waals surface area (Å²) < 4.78 is 5.89. The second-order valence-corrected chi connectivity index (χ2v) is 6.42. The Morgan fingerprint density at radius 1 is 1.40 bits per heavy atom. The zero-order valence-corrected chi connectivity index (χ0v) is 12.3. The highest BCUT2D eigenvalue weighted by Gasteiger charge is 2.35. The molecule has 0 amide bonds. The van der Waals surface area contributed by atoms with Crippen molar-refractivity contribution < 1.29 is 19.4 Å². The Morgan fingerprint density at radius 2 is 2.05 bits per heavy atom. The molecule has 1 heterocycles. The van der Waals surface area contributed by atoms with E-state index < -0.39 is 11.9 Å². The summed E-state index contributed by atoms with van der Waals surface area (Å²) in [4.78, 5) is 23.3. The van der Waals surface area contributed by atoms with E-state index >= 15 is 0 Å². The van der Waals surface area contributed by atoms with E-state index in [9.17, 15) is 9.59 Å². The molecule has 0 aliphatic carbocycles. The molecule has 1 aromatic carbocycles. The van der Waals surface area contributed by atoms with Crippen LogP contribution in [0.25, 0.3) is 0 Å². The summed E-state index contributed by atoms with van der Waals surface area (Å²) in [6.07, 6.45) is 0.187. The molecule has 0 fully saturated rings. The van der Waals surface area contributed by atoms with Gasteiger partial charge in [-0.1, -0.05) is 26.8 Å². The van der Waals surface area contributed by atoms with E-state index in [4.69, 9.17) is 9.84 Å². The largest absolute Gasteiger partial charge is 0.489 e. The number of Topliss-reactive ketones (excluding diaryl/α,β-unsaturated/α-hetero) is 1. The average Bonchev–Trinajstić information content (AvgIpc) is 2.36. The third kappa shape index (κ3) is 2.69. The predicted molar refractivity (Wildman–Crippen MR) is 75.3 cm³/mol. The summed E-state index contributed by atoms with van der Waals surface area (Å²) in [5, 5.41) is 9.04. The zero-order chi connectivity index (χ0) is 15.1. The fraction of sp³-hybridized carbons (Fsp3) is 0.500. The number of fused-ring (bicyclic) bond motifs is 1. The van der Waals surface area contributed by atoms with Gasteiger partial charge in [0.2, 0.25) is 0 Å². The summed E-state index contributed by atoms with van der Waals surface area (Å²) in [7, 11) is 0. The van der Waals surface area contributed by atoms with Crippen LogP contribution in [0.1, 0.15) is 56.0 Å². The number of aliphatic carboxylic acids is 1. The summed E-state index contributed by atoms with van der Waals surface area (Å²) in [5.74, 6) is -0.955. The molecule has 4 nitrogen and oxygen atoms in total. The number of ether oxygens (including phenoxy) is 1. The molecule has 1 aliphatic heterocycles. The topological polar surface area (TPSA) is 63.6 Å². The van der Waals surface area contributed by atoms with Gasteiger partial charge in [0.05, 0.1) is 11.5 Å². The fourth-order valence-corrected chi connectivity index (χ4v) is 2.24. The molecule has 2 rings (SSSR count). The fourth-order valence-electron chi connectivity index (χ4n) is 2.24. The molecule has 108 valence electrons. The maximum Gasteiger partial charge on any atom is 0.310 e. The van der Waals surface area contributed by atoms with E-state index in [1.165, 1.54) is 0 Å². The van der Waals surface area contributed by atoms with Crippen molar-refractivity contribution in [2.75, 3.05) is 0 Å². The Labute approximate surface area is 118 Å². The van der Waals surface area contributed by atoms with Crippen LogP contribution in [0.15, 0.2) is 18.2 Å². The first-order valence-corrected chi connectivity index (χ1v) is 6.76. The van der Waals surface area contributed by atoms with Crippen molar-refractivity contribution in [1.29, 1.82) is 0 Å². The van der Waals surface area contributed by atoms with Crippen LogP contribution < -0.4 is 4.74 Å². The van der Waals surface area contributed by atoms with Gasteiger partial charge in [0.1, 0.15) is 11.9 Å². The van der Waals surface area contributed by atoms with E-state index in [-0.39, 0.29) is 17.3 Å². The molecule has 0 saturated heterocycles. The van der Waals surface area contributed by atoms with E-state index in [0.717, 1.165) is 0 Å². The minimum atomic E-state index is -0.901. The molecule has 0 spiro atoms. The van der Waals surface area contributed by atoms with Crippen LogP contribution in [0.5, 0.6) is 5.75 Å². The van der Waals surface area contributed by atoms with E-state index in [1.54, 1.807) is 25.1 Å². The molecular weight excluding hydrogens is 256 g/mol. The Hall–Kier alpha value is -1.84. The molecular formula is C16H20O4. The van der Waals surface area contributed by atoms with Gasteiger partial charge < -0.3 is 9.84 Å². The summed E-state index contributed by atoms with van der Waals surface area (Å²) in [6, 6.07) is 5.07. The van der Waals surface area contributed by atoms with Gasteiger partial charge in [-0.3, -0.25) is 9.59 Å². The minimum Gasteiger partial charge on any atom is -0.489 e. The third-order valence-electron chi connectivity index (χ3n) is 3.78. The number of rotatable bonds is 2. The van der Waals surface area contributed by atoms with Gasteiger partial charge in [-0.05, 0) is 30.0 Å². The first-order chi connectivity index (χ1) is 9.20. The molecule has 0 bridgehead atoms. The van der Waals surface area contributed by atoms with Crippen molar-refractivity contribution in [2.45, 2.75) is 46.1 Å². The first-order valence-electron chi connectivity index (χ1n) is 6.76. The van der Waals surface area contributed by atoms with Crippen LogP contribution in [0.3, 0.4) is 0 Å². The Morgan fingerprint density at radius 3 is 2.60 bits per heavy atom. The van der Waals surface area contributed by atoms with Gasteiger partial charge in [0.25, 0.3) is 0 Å². The van der Waals surface area contributed by atoms with Crippen molar-refractivity contribution in [3.05, 3.63) is 29.3 Å². The van der Waals surface area contributed by atoms with Crippen LogP contribution in [-0.2, 0) is 4.79 Å². The molecule has 20 heavy (non-hydrogen) atoms. The molecule has 1 aliphatic rings. The number of carboxylic acids is 1. The highest BCUT2D eigenvalue weighted by molar-refractivity contribution is 6.00. The lowest BCUT2D eigenvalue weighted by Gasteiger charge is -2.34. The van der Waals surface area contributed by atoms with Crippen molar-refractivity contribution in [2.24, 2.45) is 5.41 Å². The van der Waals surface area contributed by atoms with Gasteiger partial charge in [0, 0.05) is 6.42 Å². The maximum atomic E-state index is 12.3. The van der Waals surface area contributed by atoms with Crippen LogP contribution in [0.4, 0.5) is 0 Å². The Bertz CT molecular complexity index is 554. The van der Waals surface area contributed by atoms with Crippen LogP contribution in [0, 0.1) is 5.41 Å².